The van der Waals surface area contributed by atoms with Crippen molar-refractivity contribution in [3.8, 4) is 0 Å². The van der Waals surface area contributed by atoms with Crippen molar-refractivity contribution in [1.82, 2.24) is 15.1 Å². The number of nitrogens with zero attached hydrogens (tertiary/aromatic N) is 3. The Morgan fingerprint density at radius 2 is 1.70 bits per heavy atom. The maximum atomic E-state index is 11.7. The largest absolute Gasteiger partial charge is 0.354 e. The number of hydrogen-bond donors (Lipinski definition) is 1. The van der Waals surface area contributed by atoms with Crippen molar-refractivity contribution in [2.45, 2.75) is 32.1 Å². The van der Waals surface area contributed by atoms with E-state index in [0.717, 1.165) is 5.96 Å². The van der Waals surface area contributed by atoms with Crippen LogP contribution >= 0.6 is 24.0 Å². The highest BCUT2D eigenvalue weighted by molar-refractivity contribution is 14.0. The molecule has 0 aromatic carbocycles. The number of aliphatic imine (C=N–C) groups is 1. The number of carbonyl (C=O) groups excluding carboxylic acids is 1. The number of nitrogens with one attached hydrogen (secondary N) is 1. The molecule has 0 spiro atoms. The lowest BCUT2D eigenvalue weighted by atomic mass is 10.0. The molecule has 0 saturated heterocycles. The fraction of sp³-hybridized carbons (Fsp3) is 0.857. The Kier molecular flexibility index (Phi) is 9.96. The molecule has 0 aromatic rings. The number of carbonyl (C=O) groups is 1. The molecule has 6 heteroatoms. The Labute approximate surface area is 140 Å². The molecule has 0 aromatic heterocycles. The van der Waals surface area contributed by atoms with Crippen molar-refractivity contribution in [1.29, 1.82) is 0 Å². The van der Waals surface area contributed by atoms with Crippen LogP contribution in [0.5, 0.6) is 0 Å². The quantitative estimate of drug-likeness (QED) is 0.334. The van der Waals surface area contributed by atoms with E-state index in [1.54, 1.807) is 0 Å². The lowest BCUT2D eigenvalue weighted by Gasteiger charge is -2.22. The minimum absolute atomic E-state index is 0. The minimum Gasteiger partial charge on any atom is -0.354 e. The molecule has 1 amide bonds. The number of halogens is 1. The van der Waals surface area contributed by atoms with Gasteiger partial charge >= 0.3 is 0 Å². The Morgan fingerprint density at radius 3 is 2.20 bits per heavy atom. The average Bonchev–Trinajstić information content (AvgIpc) is 2.80. The maximum Gasteiger partial charge on any atom is 0.220 e. The molecule has 0 aliphatic heterocycles. The van der Waals surface area contributed by atoms with Gasteiger partial charge in [-0.2, -0.15) is 0 Å². The van der Waals surface area contributed by atoms with E-state index in [1.165, 1.54) is 25.7 Å². The molecule has 1 fully saturated rings. The summed E-state index contributed by atoms with van der Waals surface area (Å²) in [5.41, 5.74) is 0. The van der Waals surface area contributed by atoms with Crippen LogP contribution in [-0.4, -0.2) is 62.9 Å². The SMILES string of the molecule is CN(C)C(=NCCNC(=O)CC1CCCC1)N(C)C.I. The van der Waals surface area contributed by atoms with Gasteiger partial charge in [0.15, 0.2) is 5.96 Å². The van der Waals surface area contributed by atoms with Gasteiger partial charge in [0.1, 0.15) is 0 Å². The second-order valence-corrected chi connectivity index (χ2v) is 5.68. The molecule has 1 N–H and O–H groups in total. The molecule has 20 heavy (non-hydrogen) atoms. The third kappa shape index (κ3) is 7.31. The highest BCUT2D eigenvalue weighted by Gasteiger charge is 2.17. The standard InChI is InChI=1S/C14H28N4O.HI/c1-17(2)14(18(3)4)16-10-9-15-13(19)11-12-7-5-6-8-12;/h12H,5-11H2,1-4H3,(H,15,19);1H. The van der Waals surface area contributed by atoms with Crippen molar-refractivity contribution in [2.75, 3.05) is 41.3 Å². The van der Waals surface area contributed by atoms with E-state index in [2.05, 4.69) is 10.3 Å². The molecule has 0 unspecified atom stereocenters. The lowest BCUT2D eigenvalue weighted by molar-refractivity contribution is -0.121. The van der Waals surface area contributed by atoms with Crippen LogP contribution in [0.2, 0.25) is 0 Å². The molecule has 0 radical (unpaired) electrons. The predicted molar refractivity (Wildman–Crippen MR) is 94.7 cm³/mol. The van der Waals surface area contributed by atoms with Gasteiger partial charge in [0.2, 0.25) is 5.91 Å². The van der Waals surface area contributed by atoms with Gasteiger partial charge in [-0.3, -0.25) is 9.79 Å². The monoisotopic (exact) mass is 396 g/mol. The van der Waals surface area contributed by atoms with Crippen LogP contribution in [-0.2, 0) is 4.79 Å². The van der Waals surface area contributed by atoms with Gasteiger partial charge in [0.05, 0.1) is 6.54 Å². The van der Waals surface area contributed by atoms with Crippen molar-refractivity contribution in [2.24, 2.45) is 10.9 Å². The number of guanidine groups is 1. The van der Waals surface area contributed by atoms with Gasteiger partial charge in [-0.15, -0.1) is 24.0 Å². The maximum absolute atomic E-state index is 11.7. The van der Waals surface area contributed by atoms with E-state index < -0.39 is 0 Å². The van der Waals surface area contributed by atoms with E-state index >= 15 is 0 Å². The van der Waals surface area contributed by atoms with Gasteiger partial charge in [-0.1, -0.05) is 12.8 Å². The highest BCUT2D eigenvalue weighted by Crippen LogP contribution is 2.27. The molecule has 5 nitrogen and oxygen atoms in total. The van der Waals surface area contributed by atoms with Gasteiger partial charge in [-0.05, 0) is 18.8 Å². The molecule has 0 bridgehead atoms. The summed E-state index contributed by atoms with van der Waals surface area (Å²) in [4.78, 5) is 20.2. The van der Waals surface area contributed by atoms with E-state index in [1.807, 2.05) is 38.0 Å². The molecule has 118 valence electrons. The molecule has 1 rings (SSSR count). The van der Waals surface area contributed by atoms with Crippen LogP contribution in [0.15, 0.2) is 4.99 Å². The predicted octanol–water partition coefficient (Wildman–Crippen LogP) is 1.78. The summed E-state index contributed by atoms with van der Waals surface area (Å²) in [6.07, 6.45) is 5.71. The molecule has 1 saturated carbocycles. The van der Waals surface area contributed by atoms with Crippen LogP contribution in [0.1, 0.15) is 32.1 Å². The topological polar surface area (TPSA) is 47.9 Å². The third-order valence-electron chi connectivity index (χ3n) is 3.44. The Hall–Kier alpha value is -0.530. The van der Waals surface area contributed by atoms with Gasteiger partial charge in [0.25, 0.3) is 0 Å². The van der Waals surface area contributed by atoms with Gasteiger partial charge < -0.3 is 15.1 Å². The van der Waals surface area contributed by atoms with Gasteiger partial charge in [-0.25, -0.2) is 0 Å². The molecular formula is C14H29IN4O. The van der Waals surface area contributed by atoms with Crippen LogP contribution in [0, 0.1) is 5.92 Å². The van der Waals surface area contributed by atoms with Crippen molar-refractivity contribution >= 4 is 35.8 Å². The first-order chi connectivity index (χ1) is 9.00. The first-order valence-corrected chi connectivity index (χ1v) is 7.16. The lowest BCUT2D eigenvalue weighted by Crippen LogP contribution is -2.36. The van der Waals surface area contributed by atoms with Crippen molar-refractivity contribution in [3.63, 3.8) is 0 Å². The van der Waals surface area contributed by atoms with Crippen molar-refractivity contribution < 1.29 is 4.79 Å². The first kappa shape index (κ1) is 19.5. The van der Waals surface area contributed by atoms with Crippen LogP contribution in [0.3, 0.4) is 0 Å². The highest BCUT2D eigenvalue weighted by atomic mass is 127. The van der Waals surface area contributed by atoms with Gasteiger partial charge in [0, 0.05) is 41.2 Å². The van der Waals surface area contributed by atoms with Crippen molar-refractivity contribution in [3.05, 3.63) is 0 Å². The Bertz CT molecular complexity index is 302. The fourth-order valence-corrected chi connectivity index (χ4v) is 2.58. The second-order valence-electron chi connectivity index (χ2n) is 5.68. The molecule has 1 aliphatic rings. The first-order valence-electron chi connectivity index (χ1n) is 7.16. The smallest absolute Gasteiger partial charge is 0.220 e. The molecule has 0 atom stereocenters. The summed E-state index contributed by atoms with van der Waals surface area (Å²) in [6, 6.07) is 0. The minimum atomic E-state index is 0. The summed E-state index contributed by atoms with van der Waals surface area (Å²) in [6.45, 7) is 1.25. The summed E-state index contributed by atoms with van der Waals surface area (Å²) >= 11 is 0. The van der Waals surface area contributed by atoms with Crippen LogP contribution < -0.4 is 5.32 Å². The Balaban J connectivity index is 0.00000361. The summed E-state index contributed by atoms with van der Waals surface area (Å²) in [5.74, 6) is 1.71. The van der Waals surface area contributed by atoms with E-state index in [4.69, 9.17) is 0 Å². The summed E-state index contributed by atoms with van der Waals surface area (Å²) in [5, 5.41) is 2.96. The number of amides is 1. The summed E-state index contributed by atoms with van der Waals surface area (Å²) in [7, 11) is 7.88. The van der Waals surface area contributed by atoms with E-state index in [-0.39, 0.29) is 29.9 Å². The third-order valence-corrected chi connectivity index (χ3v) is 3.44. The normalized spacial score (nSPS) is 14.4. The molecular weight excluding hydrogens is 367 g/mol. The van der Waals surface area contributed by atoms with E-state index in [0.29, 0.717) is 25.4 Å². The molecule has 1 aliphatic carbocycles. The number of rotatable bonds is 5. The summed E-state index contributed by atoms with van der Waals surface area (Å²) < 4.78 is 0. The average molecular weight is 396 g/mol. The fourth-order valence-electron chi connectivity index (χ4n) is 2.58. The zero-order valence-electron chi connectivity index (χ0n) is 13.2. The second kappa shape index (κ2) is 10.2. The Morgan fingerprint density at radius 1 is 1.15 bits per heavy atom. The van der Waals surface area contributed by atoms with Crippen LogP contribution in [0.4, 0.5) is 0 Å². The number of hydrogen-bond acceptors (Lipinski definition) is 2. The zero-order chi connectivity index (χ0) is 14.3. The van der Waals surface area contributed by atoms with E-state index in [9.17, 15) is 4.79 Å². The van der Waals surface area contributed by atoms with Crippen LogP contribution in [0.25, 0.3) is 0 Å². The zero-order valence-corrected chi connectivity index (χ0v) is 15.5. The molecule has 0 heterocycles.